The highest BCUT2D eigenvalue weighted by molar-refractivity contribution is 6.01. The van der Waals surface area contributed by atoms with Gasteiger partial charge in [0, 0.05) is 6.54 Å². The molecular weight excluding hydrogens is 228 g/mol. The van der Waals surface area contributed by atoms with E-state index in [1.54, 1.807) is 7.11 Å². The number of para-hydroxylation sites is 1. The summed E-state index contributed by atoms with van der Waals surface area (Å²) in [5.74, 6) is 0.764. The zero-order valence-electron chi connectivity index (χ0n) is 11.2. The Bertz CT molecular complexity index is 453. The summed E-state index contributed by atoms with van der Waals surface area (Å²) in [5.41, 5.74) is 1.32. The zero-order valence-corrected chi connectivity index (χ0v) is 11.2. The Morgan fingerprint density at radius 2 is 2.06 bits per heavy atom. The van der Waals surface area contributed by atoms with E-state index in [-0.39, 0.29) is 11.3 Å². The van der Waals surface area contributed by atoms with E-state index in [0.29, 0.717) is 12.3 Å². The third kappa shape index (κ3) is 1.92. The normalized spacial score (nSPS) is 17.2. The second kappa shape index (κ2) is 4.88. The molecule has 98 valence electrons. The lowest BCUT2D eigenvalue weighted by molar-refractivity contribution is -0.125. The average molecular weight is 248 g/mol. The van der Waals surface area contributed by atoms with Gasteiger partial charge in [-0.05, 0) is 25.0 Å². The maximum Gasteiger partial charge on any atom is 0.232 e. The van der Waals surface area contributed by atoms with Gasteiger partial charge in [0.05, 0.1) is 18.2 Å². The van der Waals surface area contributed by atoms with Gasteiger partial charge in [-0.2, -0.15) is 0 Å². The molecule has 2 N–H and O–H groups in total. The molecule has 18 heavy (non-hydrogen) atoms. The van der Waals surface area contributed by atoms with Crippen LogP contribution in [0.15, 0.2) is 18.2 Å². The molecule has 0 fully saturated rings. The molecule has 0 aliphatic carbocycles. The van der Waals surface area contributed by atoms with Crippen LogP contribution in [0.2, 0.25) is 0 Å². The van der Waals surface area contributed by atoms with Crippen molar-refractivity contribution in [1.82, 2.24) is 0 Å². The van der Waals surface area contributed by atoms with Gasteiger partial charge in [0.2, 0.25) is 5.91 Å². The monoisotopic (exact) mass is 248 g/mol. The Labute approximate surface area is 108 Å². The third-order valence-corrected chi connectivity index (χ3v) is 3.94. The number of nitrogens with one attached hydrogen (secondary N) is 2. The standard InChI is InChI=1S/C14H20N2O2/c1-4-14(5-2)9-15-10-7-6-8-11(18-3)12(10)16-13(14)17/h6-8,15H,4-5,9H2,1-3H3,(H,16,17). The number of rotatable bonds is 3. The summed E-state index contributed by atoms with van der Waals surface area (Å²) in [6.07, 6.45) is 1.64. The fraction of sp³-hybridized carbons (Fsp3) is 0.500. The first-order valence-corrected chi connectivity index (χ1v) is 6.39. The molecular formula is C14H20N2O2. The van der Waals surface area contributed by atoms with E-state index in [2.05, 4.69) is 24.5 Å². The molecule has 0 spiro atoms. The number of ether oxygens (including phenoxy) is 1. The summed E-state index contributed by atoms with van der Waals surface area (Å²) in [6.45, 7) is 4.77. The molecule has 0 bridgehead atoms. The number of fused-ring (bicyclic) bond motifs is 1. The number of carbonyl (C=O) groups is 1. The summed E-state index contributed by atoms with van der Waals surface area (Å²) in [4.78, 5) is 12.4. The lowest BCUT2D eigenvalue weighted by Gasteiger charge is -2.27. The molecule has 0 aromatic heterocycles. The van der Waals surface area contributed by atoms with Gasteiger partial charge in [0.1, 0.15) is 11.4 Å². The number of hydrogen-bond acceptors (Lipinski definition) is 3. The second-order valence-electron chi connectivity index (χ2n) is 4.68. The molecule has 0 saturated carbocycles. The maximum absolute atomic E-state index is 12.4. The summed E-state index contributed by atoms with van der Waals surface area (Å²) >= 11 is 0. The molecule has 1 amide bonds. The van der Waals surface area contributed by atoms with Crippen molar-refractivity contribution in [2.45, 2.75) is 26.7 Å². The lowest BCUT2D eigenvalue weighted by atomic mass is 9.81. The highest BCUT2D eigenvalue weighted by atomic mass is 16.5. The van der Waals surface area contributed by atoms with Crippen LogP contribution in [0, 0.1) is 5.41 Å². The zero-order chi connectivity index (χ0) is 13.2. The van der Waals surface area contributed by atoms with E-state index in [4.69, 9.17) is 4.74 Å². The highest BCUT2D eigenvalue weighted by Gasteiger charge is 2.37. The molecule has 4 heteroatoms. The first-order chi connectivity index (χ1) is 8.66. The SMILES string of the molecule is CCC1(CC)CNc2cccc(OC)c2NC1=O. The fourth-order valence-electron chi connectivity index (χ4n) is 2.39. The van der Waals surface area contributed by atoms with Gasteiger partial charge in [0.15, 0.2) is 0 Å². The van der Waals surface area contributed by atoms with Gasteiger partial charge in [-0.3, -0.25) is 4.79 Å². The van der Waals surface area contributed by atoms with Crippen molar-refractivity contribution in [3.05, 3.63) is 18.2 Å². The van der Waals surface area contributed by atoms with Gasteiger partial charge in [0.25, 0.3) is 0 Å². The fourth-order valence-corrected chi connectivity index (χ4v) is 2.39. The molecule has 1 aliphatic heterocycles. The van der Waals surface area contributed by atoms with Gasteiger partial charge < -0.3 is 15.4 Å². The van der Waals surface area contributed by atoms with Crippen molar-refractivity contribution in [3.8, 4) is 5.75 Å². The van der Waals surface area contributed by atoms with Crippen molar-refractivity contribution in [1.29, 1.82) is 0 Å². The topological polar surface area (TPSA) is 50.4 Å². The molecule has 2 rings (SSSR count). The Hall–Kier alpha value is -1.71. The van der Waals surface area contributed by atoms with E-state index in [0.717, 1.165) is 24.2 Å². The number of carbonyl (C=O) groups excluding carboxylic acids is 1. The van der Waals surface area contributed by atoms with Gasteiger partial charge in [-0.1, -0.05) is 19.9 Å². The Balaban J connectivity index is 2.42. The van der Waals surface area contributed by atoms with E-state index < -0.39 is 0 Å². The van der Waals surface area contributed by atoms with Crippen LogP contribution in [0.25, 0.3) is 0 Å². The minimum absolute atomic E-state index is 0.0725. The Morgan fingerprint density at radius 1 is 1.33 bits per heavy atom. The molecule has 1 aliphatic rings. The van der Waals surface area contributed by atoms with E-state index >= 15 is 0 Å². The number of amides is 1. The van der Waals surface area contributed by atoms with Gasteiger partial charge in [-0.25, -0.2) is 0 Å². The van der Waals surface area contributed by atoms with Crippen molar-refractivity contribution in [2.75, 3.05) is 24.3 Å². The molecule has 1 aromatic rings. The van der Waals surface area contributed by atoms with E-state index in [1.807, 2.05) is 18.2 Å². The van der Waals surface area contributed by atoms with Crippen LogP contribution in [-0.4, -0.2) is 19.6 Å². The lowest BCUT2D eigenvalue weighted by Crippen LogP contribution is -2.39. The Kier molecular flexibility index (Phi) is 3.45. The van der Waals surface area contributed by atoms with Crippen LogP contribution < -0.4 is 15.4 Å². The predicted octanol–water partition coefficient (Wildman–Crippen LogP) is 2.87. The molecule has 1 heterocycles. The quantitative estimate of drug-likeness (QED) is 0.864. The highest BCUT2D eigenvalue weighted by Crippen LogP contribution is 2.39. The number of anilines is 2. The average Bonchev–Trinajstić information content (AvgIpc) is 2.55. The molecule has 4 nitrogen and oxygen atoms in total. The van der Waals surface area contributed by atoms with E-state index in [9.17, 15) is 4.79 Å². The van der Waals surface area contributed by atoms with Crippen LogP contribution in [0.5, 0.6) is 5.75 Å². The summed E-state index contributed by atoms with van der Waals surface area (Å²) < 4.78 is 5.30. The van der Waals surface area contributed by atoms with Crippen LogP contribution >= 0.6 is 0 Å². The van der Waals surface area contributed by atoms with E-state index in [1.165, 1.54) is 0 Å². The first kappa shape index (κ1) is 12.7. The number of benzene rings is 1. The number of hydrogen-bond donors (Lipinski definition) is 2. The summed E-state index contributed by atoms with van der Waals surface area (Å²) in [7, 11) is 1.61. The first-order valence-electron chi connectivity index (χ1n) is 6.39. The molecule has 1 aromatic carbocycles. The van der Waals surface area contributed by atoms with Gasteiger partial charge in [-0.15, -0.1) is 0 Å². The summed E-state index contributed by atoms with van der Waals surface area (Å²) in [5, 5.41) is 6.37. The third-order valence-electron chi connectivity index (χ3n) is 3.94. The minimum atomic E-state index is -0.343. The van der Waals surface area contributed by atoms with Crippen molar-refractivity contribution < 1.29 is 9.53 Å². The maximum atomic E-state index is 12.4. The van der Waals surface area contributed by atoms with Gasteiger partial charge >= 0.3 is 0 Å². The van der Waals surface area contributed by atoms with Crippen LogP contribution in [0.1, 0.15) is 26.7 Å². The van der Waals surface area contributed by atoms with Crippen molar-refractivity contribution in [2.24, 2.45) is 5.41 Å². The smallest absolute Gasteiger partial charge is 0.232 e. The summed E-state index contributed by atoms with van der Waals surface area (Å²) in [6, 6.07) is 5.73. The number of methoxy groups -OCH3 is 1. The van der Waals surface area contributed by atoms with Crippen molar-refractivity contribution >= 4 is 17.3 Å². The molecule has 0 radical (unpaired) electrons. The molecule has 0 saturated heterocycles. The van der Waals surface area contributed by atoms with Crippen molar-refractivity contribution in [3.63, 3.8) is 0 Å². The van der Waals surface area contributed by atoms with Crippen LogP contribution in [-0.2, 0) is 4.79 Å². The van der Waals surface area contributed by atoms with Crippen LogP contribution in [0.4, 0.5) is 11.4 Å². The molecule has 0 atom stereocenters. The Morgan fingerprint density at radius 3 is 2.67 bits per heavy atom. The molecule has 0 unspecified atom stereocenters. The largest absolute Gasteiger partial charge is 0.494 e. The predicted molar refractivity (Wildman–Crippen MR) is 73.1 cm³/mol. The minimum Gasteiger partial charge on any atom is -0.494 e. The second-order valence-corrected chi connectivity index (χ2v) is 4.68. The van der Waals surface area contributed by atoms with Crippen LogP contribution in [0.3, 0.4) is 0 Å².